The van der Waals surface area contributed by atoms with E-state index in [9.17, 15) is 96.8 Å². The number of hydrogen-bond acceptors (Lipinski definition) is 26. The third-order valence-corrected chi connectivity index (χ3v) is 23.4. The standard InChI is InChI=1S/C93H137N25O22S2/c1-11-52(8)76(118-87(134)63(35-50(4)5)107-78(125)59(28-21-32-100-93(96)97)104-77(124)53(9)103-80(127)67(39-57-43-98-47-101-57)111-85(132)68(40-58-44-99-48-102-58)112-88(135)70(45-119)115-90(137)75(51(6)7)117-73(121)42-94)91(138)114-66(38-56-26-19-14-20-27-56)83(130)113-69(41-72(95)120)86(133)110-65(37-55-24-17-13-18-25-55)84(131)116-71(46-141)89(136)108-62(34-49(2)3)81(128)109-64(36-54-22-15-12-16-23-54)82(129)105-60(29-30-74(122)123)79(126)106-61(92(139)140)31-33-142-10/h12-20,22-27,43-44,47-53,59-71,75-76,119,141H,11,21,28-42,45-46,94H2,1-10H3,(H2,95,120)(H,98,101)(H,99,102)(H,103,127)(H,104,124)(H,105,129)(H,106,126)(H,107,125)(H,108,136)(H,109,128)(H,110,133)(H,111,132)(H,112,135)(H,113,130)(H,114,138)(H,115,137)(H,116,131)(H,117,121)(H,118,134)(H,122,123)(H,139,140)(H4,96,97,100)/t52-,53-,59-,60-,61-,62-,63-,64-,65-,66-,67-,68-,69-,70-,71-,75-,76-/m0/s1. The van der Waals surface area contributed by atoms with Gasteiger partial charge in [-0.05, 0) is 97.8 Å². The largest absolute Gasteiger partial charge is 0.481 e. The lowest BCUT2D eigenvalue weighted by Crippen LogP contribution is -2.62. The minimum absolute atomic E-state index is 0.00300. The highest BCUT2D eigenvalue weighted by Gasteiger charge is 2.41. The van der Waals surface area contributed by atoms with Crippen LogP contribution in [-0.4, -0.2) is 288 Å². The number of guanidine groups is 1. The first kappa shape index (κ1) is 118. The van der Waals surface area contributed by atoms with E-state index in [-0.39, 0.29) is 100 Å². The monoisotopic (exact) mass is 2020 g/mol. The van der Waals surface area contributed by atoms with Gasteiger partial charge < -0.3 is 133 Å². The summed E-state index contributed by atoms with van der Waals surface area (Å²) in [6.45, 7) is 13.3. The third-order valence-electron chi connectivity index (χ3n) is 22.4. The molecule has 0 aliphatic heterocycles. The van der Waals surface area contributed by atoms with Gasteiger partial charge in [-0.1, -0.05) is 153 Å². The van der Waals surface area contributed by atoms with Gasteiger partial charge in [0.2, 0.25) is 100 Å². The van der Waals surface area contributed by atoms with Crippen LogP contribution in [0.2, 0.25) is 0 Å². The van der Waals surface area contributed by atoms with E-state index in [0.717, 1.165) is 0 Å². The summed E-state index contributed by atoms with van der Waals surface area (Å²) in [5.41, 5.74) is 18.7. The van der Waals surface area contributed by atoms with Gasteiger partial charge in [0, 0.05) is 63.2 Å². The lowest BCUT2D eigenvalue weighted by atomic mass is 9.95. The smallest absolute Gasteiger partial charge is 0.326 e. The zero-order chi connectivity index (χ0) is 105. The molecule has 0 saturated carbocycles. The molecular weight excluding hydrogens is 1880 g/mol. The summed E-state index contributed by atoms with van der Waals surface area (Å²) in [7, 11) is 0. The molecule has 2 aromatic heterocycles. The number of hydrogen-bond donors (Lipinski definition) is 27. The molecule has 0 radical (unpaired) electrons. The van der Waals surface area contributed by atoms with E-state index in [0.29, 0.717) is 22.4 Å². The van der Waals surface area contributed by atoms with Gasteiger partial charge in [-0.3, -0.25) is 91.7 Å². The van der Waals surface area contributed by atoms with E-state index in [1.54, 1.807) is 153 Å². The molecule has 2 heterocycles. The Morgan fingerprint density at radius 3 is 1.18 bits per heavy atom. The number of aromatic amines is 2. The number of benzene rings is 3. The maximum Gasteiger partial charge on any atom is 0.326 e. The number of carboxylic acid groups (broad SMARTS) is 2. The van der Waals surface area contributed by atoms with Crippen LogP contribution in [0.4, 0.5) is 0 Å². The van der Waals surface area contributed by atoms with Gasteiger partial charge in [0.15, 0.2) is 5.96 Å². The van der Waals surface area contributed by atoms with Gasteiger partial charge in [0.1, 0.15) is 96.7 Å². The van der Waals surface area contributed by atoms with Gasteiger partial charge in [0.25, 0.3) is 0 Å². The molecule has 0 saturated heterocycles. The number of rotatable bonds is 64. The number of imidazole rings is 2. The van der Waals surface area contributed by atoms with Crippen molar-refractivity contribution in [3.63, 3.8) is 0 Å². The van der Waals surface area contributed by atoms with Crippen LogP contribution in [0.5, 0.6) is 0 Å². The van der Waals surface area contributed by atoms with Crippen molar-refractivity contribution in [2.45, 2.75) is 249 Å². The minimum atomic E-state index is -1.91. The van der Waals surface area contributed by atoms with Crippen LogP contribution >= 0.6 is 24.4 Å². The molecule has 0 spiro atoms. The van der Waals surface area contributed by atoms with Crippen LogP contribution in [0, 0.1) is 29.1 Å². The van der Waals surface area contributed by atoms with E-state index in [1.165, 1.54) is 43.7 Å². The van der Waals surface area contributed by atoms with E-state index < -0.39 is 265 Å². The first-order valence-electron chi connectivity index (χ1n) is 46.5. The van der Waals surface area contributed by atoms with Gasteiger partial charge >= 0.3 is 11.9 Å². The molecular formula is C93H137N25O22S2. The number of amides is 17. The first-order valence-corrected chi connectivity index (χ1v) is 48.5. The molecule has 142 heavy (non-hydrogen) atoms. The van der Waals surface area contributed by atoms with Crippen molar-refractivity contribution in [1.29, 1.82) is 5.41 Å². The number of nitrogens with two attached hydrogens (primary N) is 3. The van der Waals surface area contributed by atoms with E-state index in [2.05, 4.69) is 123 Å². The number of carbonyl (C=O) groups is 19. The quantitative estimate of drug-likeness (QED) is 0.00762. The topological polar surface area (TPSA) is 749 Å². The number of carboxylic acids is 2. The number of carbonyl (C=O) groups excluding carboxylic acids is 17. The summed E-state index contributed by atoms with van der Waals surface area (Å²) in [6, 6.07) is -0.186. The Morgan fingerprint density at radius 2 is 0.782 bits per heavy atom. The summed E-state index contributed by atoms with van der Waals surface area (Å²) in [4.78, 5) is 281. The molecule has 3 aromatic carbocycles. The predicted molar refractivity (Wildman–Crippen MR) is 525 cm³/mol. The number of aliphatic hydroxyl groups is 1. The molecule has 0 aliphatic carbocycles. The number of aromatic nitrogens is 4. The average Bonchev–Trinajstić information content (AvgIpc) is 1.33. The second-order valence-corrected chi connectivity index (χ2v) is 36.7. The fourth-order valence-corrected chi connectivity index (χ4v) is 15.2. The van der Waals surface area contributed by atoms with Gasteiger partial charge in [-0.2, -0.15) is 24.4 Å². The van der Waals surface area contributed by atoms with Crippen molar-refractivity contribution in [1.82, 2.24) is 110 Å². The maximum absolute atomic E-state index is 15.1. The lowest BCUT2D eigenvalue weighted by Gasteiger charge is -2.30. The maximum atomic E-state index is 15.1. The van der Waals surface area contributed by atoms with Crippen molar-refractivity contribution in [2.24, 2.45) is 40.9 Å². The molecule has 0 aliphatic rings. The van der Waals surface area contributed by atoms with E-state index in [4.69, 9.17) is 22.6 Å². The van der Waals surface area contributed by atoms with Gasteiger partial charge in [-0.15, -0.1) is 0 Å². The number of aliphatic carboxylic acids is 2. The molecule has 0 unspecified atom stereocenters. The highest BCUT2D eigenvalue weighted by atomic mass is 32.2. The Morgan fingerprint density at radius 1 is 0.423 bits per heavy atom. The highest BCUT2D eigenvalue weighted by Crippen LogP contribution is 2.18. The minimum Gasteiger partial charge on any atom is -0.481 e. The summed E-state index contributed by atoms with van der Waals surface area (Å²) >= 11 is 5.70. The summed E-state index contributed by atoms with van der Waals surface area (Å²) in [6.07, 6.45) is 3.53. The van der Waals surface area contributed by atoms with Crippen molar-refractivity contribution in [3.8, 4) is 0 Å². The summed E-state index contributed by atoms with van der Waals surface area (Å²) in [5.74, 6) is -21.9. The molecule has 29 N–H and O–H groups in total. The van der Waals surface area contributed by atoms with Crippen LogP contribution < -0.4 is 108 Å². The average molecular weight is 2020 g/mol. The Bertz CT molecular complexity index is 5010. The first-order chi connectivity index (χ1) is 67.4. The Labute approximate surface area is 831 Å². The molecule has 0 bridgehead atoms. The number of aliphatic hydroxyl groups excluding tert-OH is 1. The second-order valence-electron chi connectivity index (χ2n) is 35.3. The molecule has 778 valence electrons. The molecule has 5 rings (SSSR count). The van der Waals surface area contributed by atoms with Gasteiger partial charge in [-0.25, -0.2) is 14.8 Å². The highest BCUT2D eigenvalue weighted by molar-refractivity contribution is 7.98. The van der Waals surface area contributed by atoms with Gasteiger partial charge in [0.05, 0.1) is 43.6 Å². The predicted octanol–water partition coefficient (Wildman–Crippen LogP) is -4.06. The van der Waals surface area contributed by atoms with E-state index >= 15 is 9.59 Å². The van der Waals surface area contributed by atoms with Crippen molar-refractivity contribution >= 4 is 143 Å². The van der Waals surface area contributed by atoms with Crippen LogP contribution in [0.3, 0.4) is 0 Å². The van der Waals surface area contributed by atoms with Crippen LogP contribution in [0.15, 0.2) is 116 Å². The Hall–Kier alpha value is -14.1. The molecule has 47 nitrogen and oxygen atoms in total. The van der Waals surface area contributed by atoms with E-state index in [1.807, 2.05) is 0 Å². The van der Waals surface area contributed by atoms with Crippen LogP contribution in [-0.2, 0) is 123 Å². The van der Waals surface area contributed by atoms with Crippen LogP contribution in [0.25, 0.3) is 0 Å². The number of thiol groups is 1. The number of nitrogens with zero attached hydrogens (tertiary/aromatic N) is 2. The fourth-order valence-electron chi connectivity index (χ4n) is 14.5. The zero-order valence-corrected chi connectivity index (χ0v) is 82.7. The summed E-state index contributed by atoms with van der Waals surface area (Å²) in [5, 5.41) is 81.3. The van der Waals surface area contributed by atoms with Crippen molar-refractivity contribution in [3.05, 3.63) is 144 Å². The normalized spacial score (nSPS) is 14.8. The lowest BCUT2D eigenvalue weighted by molar-refractivity contribution is -0.143. The summed E-state index contributed by atoms with van der Waals surface area (Å²) < 4.78 is 0. The number of thioether (sulfide) groups is 1. The zero-order valence-electron chi connectivity index (χ0n) is 81.0. The molecule has 5 aromatic rings. The Kier molecular flexibility index (Phi) is 51.2. The van der Waals surface area contributed by atoms with Crippen molar-refractivity contribution < 1.29 is 106 Å². The fraction of sp³-hybridized carbons (Fsp3) is 0.527. The number of nitrogens with one attached hydrogen (secondary N) is 20. The van der Waals surface area contributed by atoms with Crippen molar-refractivity contribution in [2.75, 3.05) is 37.5 Å². The molecule has 49 heteroatoms. The number of primary amides is 1. The van der Waals surface area contributed by atoms with Crippen LogP contribution in [0.1, 0.15) is 148 Å². The molecule has 17 atom stereocenters. The SMILES string of the molecule is CC[C@H](C)[C@H](NC(=O)[C@H](CC(C)C)NC(=O)[C@H](CCCNC(=N)N)NC(=O)[C@H](C)NC(=O)[C@H](Cc1c[nH]cn1)NC(=O)[C@H](Cc1c[nH]cn1)NC(=O)[C@H](CO)NC(=O)[C@@H](NC(=O)CN)C(C)C)C(=O)N[C@@H](Cc1ccccc1)C(=O)N[C@@H](CC(N)=O)C(=O)N[C@@H](Cc1ccccc1)C(=O)N[C@@H](CS)C(=O)N[C@@H](CC(C)C)C(=O)N[C@@H](Cc1ccccc1)C(=O)N[C@@H](CCC(=O)O)C(=O)N[C@@H](CCSC)C(=O)O. The molecule has 17 amide bonds. The number of H-pyrrole nitrogens is 2. The second kappa shape index (κ2) is 61.5. The third kappa shape index (κ3) is 42.1. The Balaban J connectivity index is 1.39. The molecule has 0 fully saturated rings.